The van der Waals surface area contributed by atoms with Crippen molar-refractivity contribution in [3.05, 3.63) is 70.9 Å². The van der Waals surface area contributed by atoms with Crippen molar-refractivity contribution >= 4 is 23.1 Å². The van der Waals surface area contributed by atoms with E-state index in [1.807, 2.05) is 55.5 Å². The molecule has 0 unspecified atom stereocenters. The van der Waals surface area contributed by atoms with Crippen LogP contribution in [0.1, 0.15) is 27.2 Å². The maximum absolute atomic E-state index is 12.3. The molecule has 1 aromatic heterocycles. The van der Waals surface area contributed by atoms with Crippen molar-refractivity contribution in [2.24, 2.45) is 5.16 Å². The highest BCUT2D eigenvalue weighted by molar-refractivity contribution is 5.98. The fraction of sp³-hybridized carbons (Fsp3) is 0.190. The second-order valence-electron chi connectivity index (χ2n) is 5.82. The lowest BCUT2D eigenvalue weighted by molar-refractivity contribution is 0.0591. The van der Waals surface area contributed by atoms with E-state index in [-0.39, 0.29) is 6.61 Å². The molecular formula is C21H20N2O4. The minimum atomic E-state index is -0.446. The van der Waals surface area contributed by atoms with Gasteiger partial charge in [0.2, 0.25) is 0 Å². The van der Waals surface area contributed by atoms with Crippen LogP contribution in [0.15, 0.2) is 53.7 Å². The third-order valence-corrected chi connectivity index (χ3v) is 4.22. The van der Waals surface area contributed by atoms with Gasteiger partial charge in [0.05, 0.1) is 37.2 Å². The summed E-state index contributed by atoms with van der Waals surface area (Å²) in [4.78, 5) is 22.2. The smallest absolute Gasteiger partial charge is 0.340 e. The molecule has 3 rings (SSSR count). The first-order chi connectivity index (χ1) is 13.2. The standard InChI is InChI=1S/C21H20N2O4/c1-14-16-9-5-6-10-17(16)23-18(20(14)21(24)26-3)13-27-22-12-15-8-4-7-11-19(15)25-2/h4-12H,13H2,1-3H3/b22-12-. The summed E-state index contributed by atoms with van der Waals surface area (Å²) >= 11 is 0. The maximum Gasteiger partial charge on any atom is 0.340 e. The molecule has 6 heteroatoms. The van der Waals surface area contributed by atoms with Crippen LogP contribution < -0.4 is 4.74 Å². The Morgan fingerprint density at radius 2 is 1.85 bits per heavy atom. The number of hydrogen-bond donors (Lipinski definition) is 0. The van der Waals surface area contributed by atoms with Crippen LogP contribution in [-0.4, -0.2) is 31.4 Å². The van der Waals surface area contributed by atoms with Crippen LogP contribution in [0.5, 0.6) is 5.75 Å². The zero-order valence-electron chi connectivity index (χ0n) is 15.4. The summed E-state index contributed by atoms with van der Waals surface area (Å²) in [6, 6.07) is 15.1. The van der Waals surface area contributed by atoms with Gasteiger partial charge in [0.1, 0.15) is 5.75 Å². The van der Waals surface area contributed by atoms with Gasteiger partial charge in [-0.3, -0.25) is 0 Å². The maximum atomic E-state index is 12.3. The van der Waals surface area contributed by atoms with Gasteiger partial charge in [0, 0.05) is 10.9 Å². The predicted octanol–water partition coefficient (Wildman–Crippen LogP) is 3.89. The number of hydrogen-bond acceptors (Lipinski definition) is 6. The molecule has 0 bridgehead atoms. The van der Waals surface area contributed by atoms with E-state index in [2.05, 4.69) is 10.1 Å². The van der Waals surface area contributed by atoms with E-state index in [9.17, 15) is 4.79 Å². The lowest BCUT2D eigenvalue weighted by atomic mass is 10.0. The summed E-state index contributed by atoms with van der Waals surface area (Å²) in [6.45, 7) is 1.92. The Morgan fingerprint density at radius 1 is 1.11 bits per heavy atom. The van der Waals surface area contributed by atoms with E-state index in [1.165, 1.54) is 7.11 Å². The molecule has 0 fully saturated rings. The van der Waals surface area contributed by atoms with E-state index in [1.54, 1.807) is 13.3 Å². The Balaban J connectivity index is 1.87. The number of carbonyl (C=O) groups excluding carboxylic acids is 1. The number of fused-ring (bicyclic) bond motifs is 1. The number of benzene rings is 2. The minimum Gasteiger partial charge on any atom is -0.496 e. The van der Waals surface area contributed by atoms with E-state index in [4.69, 9.17) is 14.3 Å². The molecule has 0 aliphatic rings. The Labute approximate surface area is 157 Å². The number of para-hydroxylation sites is 2. The first kappa shape index (κ1) is 18.4. The van der Waals surface area contributed by atoms with Gasteiger partial charge in [-0.25, -0.2) is 9.78 Å². The number of ether oxygens (including phenoxy) is 2. The summed E-state index contributed by atoms with van der Waals surface area (Å²) in [5, 5.41) is 4.89. The summed E-state index contributed by atoms with van der Waals surface area (Å²) < 4.78 is 10.2. The van der Waals surface area contributed by atoms with Gasteiger partial charge >= 0.3 is 5.97 Å². The molecule has 0 N–H and O–H groups in total. The van der Waals surface area contributed by atoms with Crippen molar-refractivity contribution in [1.82, 2.24) is 4.98 Å². The lowest BCUT2D eigenvalue weighted by Gasteiger charge is -2.12. The number of esters is 1. The average Bonchev–Trinajstić information content (AvgIpc) is 2.71. The number of carbonyl (C=O) groups is 1. The SMILES string of the molecule is COC(=O)c1c(CO/N=C\c2ccccc2OC)nc2ccccc2c1C. The van der Waals surface area contributed by atoms with Crippen LogP contribution >= 0.6 is 0 Å². The average molecular weight is 364 g/mol. The fourth-order valence-electron chi connectivity index (χ4n) is 2.88. The van der Waals surface area contributed by atoms with Crippen molar-refractivity contribution in [2.45, 2.75) is 13.5 Å². The zero-order valence-corrected chi connectivity index (χ0v) is 15.4. The predicted molar refractivity (Wildman–Crippen MR) is 103 cm³/mol. The van der Waals surface area contributed by atoms with Crippen molar-refractivity contribution in [3.8, 4) is 5.75 Å². The molecule has 138 valence electrons. The van der Waals surface area contributed by atoms with Crippen LogP contribution in [0.25, 0.3) is 10.9 Å². The van der Waals surface area contributed by atoms with Crippen molar-refractivity contribution in [2.75, 3.05) is 14.2 Å². The van der Waals surface area contributed by atoms with Gasteiger partial charge < -0.3 is 14.3 Å². The normalized spacial score (nSPS) is 10.9. The first-order valence-corrected chi connectivity index (χ1v) is 8.40. The van der Waals surface area contributed by atoms with Crippen LogP contribution in [-0.2, 0) is 16.2 Å². The zero-order chi connectivity index (χ0) is 19.2. The monoisotopic (exact) mass is 364 g/mol. The molecule has 0 saturated heterocycles. The van der Waals surface area contributed by atoms with Gasteiger partial charge in [-0.05, 0) is 30.7 Å². The molecule has 0 radical (unpaired) electrons. The third kappa shape index (κ3) is 3.89. The Bertz CT molecular complexity index is 999. The number of pyridine rings is 1. The highest BCUT2D eigenvalue weighted by atomic mass is 16.6. The van der Waals surface area contributed by atoms with Crippen LogP contribution in [0.2, 0.25) is 0 Å². The topological polar surface area (TPSA) is 70.0 Å². The Kier molecular flexibility index (Phi) is 5.66. The number of oxime groups is 1. The molecule has 0 atom stereocenters. The largest absolute Gasteiger partial charge is 0.496 e. The summed E-state index contributed by atoms with van der Waals surface area (Å²) in [7, 11) is 2.94. The molecular weight excluding hydrogens is 344 g/mol. The molecule has 27 heavy (non-hydrogen) atoms. The Morgan fingerprint density at radius 3 is 2.63 bits per heavy atom. The van der Waals surface area contributed by atoms with Gasteiger partial charge in [-0.15, -0.1) is 0 Å². The number of aryl methyl sites for hydroxylation is 1. The van der Waals surface area contributed by atoms with Crippen molar-refractivity contribution in [3.63, 3.8) is 0 Å². The molecule has 2 aromatic carbocycles. The van der Waals surface area contributed by atoms with E-state index >= 15 is 0 Å². The van der Waals surface area contributed by atoms with E-state index < -0.39 is 5.97 Å². The molecule has 0 aliphatic carbocycles. The minimum absolute atomic E-state index is 0.0434. The highest BCUT2D eigenvalue weighted by Crippen LogP contribution is 2.24. The lowest BCUT2D eigenvalue weighted by Crippen LogP contribution is -2.11. The third-order valence-electron chi connectivity index (χ3n) is 4.22. The quantitative estimate of drug-likeness (QED) is 0.377. The molecule has 0 aliphatic heterocycles. The number of aromatic nitrogens is 1. The molecule has 0 amide bonds. The van der Waals surface area contributed by atoms with Gasteiger partial charge in [0.15, 0.2) is 6.61 Å². The van der Waals surface area contributed by atoms with Crippen LogP contribution in [0, 0.1) is 6.92 Å². The summed E-state index contributed by atoms with van der Waals surface area (Å²) in [5.74, 6) is 0.248. The van der Waals surface area contributed by atoms with Gasteiger partial charge in [-0.1, -0.05) is 35.5 Å². The van der Waals surface area contributed by atoms with Crippen LogP contribution in [0.4, 0.5) is 0 Å². The van der Waals surface area contributed by atoms with Gasteiger partial charge in [-0.2, -0.15) is 0 Å². The summed E-state index contributed by atoms with van der Waals surface area (Å²) in [5.41, 5.74) is 3.27. The second kappa shape index (κ2) is 8.31. The van der Waals surface area contributed by atoms with Gasteiger partial charge in [0.25, 0.3) is 0 Å². The first-order valence-electron chi connectivity index (χ1n) is 8.40. The molecule has 6 nitrogen and oxygen atoms in total. The number of nitrogens with zero attached hydrogens (tertiary/aromatic N) is 2. The Hall–Kier alpha value is -3.41. The van der Waals surface area contributed by atoms with Crippen molar-refractivity contribution < 1.29 is 19.1 Å². The summed E-state index contributed by atoms with van der Waals surface area (Å²) in [6.07, 6.45) is 1.56. The molecule has 0 saturated carbocycles. The molecule has 3 aromatic rings. The fourth-order valence-corrected chi connectivity index (χ4v) is 2.88. The van der Waals surface area contributed by atoms with Crippen molar-refractivity contribution in [1.29, 1.82) is 0 Å². The number of rotatable bonds is 6. The number of methoxy groups -OCH3 is 2. The molecule has 1 heterocycles. The second-order valence-corrected chi connectivity index (χ2v) is 5.82. The highest BCUT2D eigenvalue weighted by Gasteiger charge is 2.19. The van der Waals surface area contributed by atoms with Crippen LogP contribution in [0.3, 0.4) is 0 Å². The van der Waals surface area contributed by atoms with E-state index in [0.717, 1.165) is 22.0 Å². The molecule has 0 spiro atoms. The van der Waals surface area contributed by atoms with E-state index in [0.29, 0.717) is 17.0 Å².